The third-order valence-corrected chi connectivity index (χ3v) is 7.89. The maximum atomic E-state index is 12.9. The van der Waals surface area contributed by atoms with Gasteiger partial charge in [-0.25, -0.2) is 8.42 Å². The van der Waals surface area contributed by atoms with Crippen molar-refractivity contribution >= 4 is 33.4 Å². The molecule has 0 radical (unpaired) electrons. The normalized spacial score (nSPS) is 14.8. The predicted molar refractivity (Wildman–Crippen MR) is 124 cm³/mol. The number of sulfonamides is 1. The molecule has 3 aromatic rings. The molecule has 174 valence electrons. The first-order valence-electron chi connectivity index (χ1n) is 10.4. The molecule has 0 unspecified atom stereocenters. The lowest BCUT2D eigenvalue weighted by Gasteiger charge is -2.26. The molecule has 1 saturated heterocycles. The molecule has 1 fully saturated rings. The summed E-state index contributed by atoms with van der Waals surface area (Å²) in [6.07, 6.45) is 3.38. The van der Waals surface area contributed by atoms with Gasteiger partial charge in [-0.15, -0.1) is 10.2 Å². The maximum Gasteiger partial charge on any atom is 0.243 e. The van der Waals surface area contributed by atoms with Crippen LogP contribution in [0.3, 0.4) is 0 Å². The van der Waals surface area contributed by atoms with Gasteiger partial charge in [-0.2, -0.15) is 4.31 Å². The summed E-state index contributed by atoms with van der Waals surface area (Å²) in [6.45, 7) is 4.01. The van der Waals surface area contributed by atoms with Crippen LogP contribution in [-0.4, -0.2) is 70.4 Å². The van der Waals surface area contributed by atoms with Crippen molar-refractivity contribution in [3.8, 4) is 11.4 Å². The van der Waals surface area contributed by atoms with Gasteiger partial charge < -0.3 is 14.6 Å². The molecule has 0 saturated carbocycles. The summed E-state index contributed by atoms with van der Waals surface area (Å²) in [4.78, 5) is 16.7. The van der Waals surface area contributed by atoms with Crippen molar-refractivity contribution in [2.24, 2.45) is 0 Å². The highest BCUT2D eigenvalue weighted by atomic mass is 32.2. The summed E-state index contributed by atoms with van der Waals surface area (Å²) in [5, 5.41) is 11.9. The SMILES string of the molecule is CCn1c(SCC(=O)Nc2cccc(S(=O)(=O)N3CCOCC3)c2)nnc1-c1ccncc1. The van der Waals surface area contributed by atoms with Crippen molar-refractivity contribution in [3.63, 3.8) is 0 Å². The van der Waals surface area contributed by atoms with Crippen LogP contribution in [0.1, 0.15) is 6.92 Å². The summed E-state index contributed by atoms with van der Waals surface area (Å²) in [6, 6.07) is 10.00. The van der Waals surface area contributed by atoms with Gasteiger partial charge in [0.05, 0.1) is 23.9 Å². The van der Waals surface area contributed by atoms with Crippen molar-refractivity contribution in [2.75, 3.05) is 37.4 Å². The number of benzene rings is 1. The Labute approximate surface area is 196 Å². The Morgan fingerprint density at radius 2 is 1.91 bits per heavy atom. The topological polar surface area (TPSA) is 119 Å². The van der Waals surface area contributed by atoms with E-state index in [2.05, 4.69) is 20.5 Å². The summed E-state index contributed by atoms with van der Waals surface area (Å²) in [5.41, 5.74) is 1.32. The quantitative estimate of drug-likeness (QED) is 0.479. The number of morpholine rings is 1. The number of aromatic nitrogens is 4. The molecular formula is C21H24N6O4S2. The second kappa shape index (κ2) is 10.4. The summed E-state index contributed by atoms with van der Waals surface area (Å²) < 4.78 is 34.3. The molecule has 1 amide bonds. The number of nitrogens with zero attached hydrogens (tertiary/aromatic N) is 5. The maximum absolute atomic E-state index is 12.9. The van der Waals surface area contributed by atoms with Crippen molar-refractivity contribution < 1.29 is 17.9 Å². The number of anilines is 1. The van der Waals surface area contributed by atoms with Crippen LogP contribution >= 0.6 is 11.8 Å². The van der Waals surface area contributed by atoms with Crippen LogP contribution in [0.25, 0.3) is 11.4 Å². The minimum absolute atomic E-state index is 0.106. The molecule has 1 aromatic carbocycles. The average molecular weight is 489 g/mol. The molecule has 0 aliphatic carbocycles. The summed E-state index contributed by atoms with van der Waals surface area (Å²) in [5.74, 6) is 0.551. The fraction of sp³-hybridized carbons (Fsp3) is 0.333. The lowest BCUT2D eigenvalue weighted by atomic mass is 10.2. The number of nitrogens with one attached hydrogen (secondary N) is 1. The molecule has 1 aliphatic rings. The number of carbonyl (C=O) groups excluding carboxylic acids is 1. The second-order valence-electron chi connectivity index (χ2n) is 7.17. The number of pyridine rings is 1. The van der Waals surface area contributed by atoms with E-state index in [0.29, 0.717) is 49.5 Å². The highest BCUT2D eigenvalue weighted by molar-refractivity contribution is 7.99. The zero-order chi connectivity index (χ0) is 23.3. The van der Waals surface area contributed by atoms with Crippen molar-refractivity contribution in [2.45, 2.75) is 23.5 Å². The first kappa shape index (κ1) is 23.4. The lowest BCUT2D eigenvalue weighted by molar-refractivity contribution is -0.113. The van der Waals surface area contributed by atoms with E-state index in [0.717, 1.165) is 5.56 Å². The van der Waals surface area contributed by atoms with Gasteiger partial charge in [0.15, 0.2) is 11.0 Å². The van der Waals surface area contributed by atoms with Crippen LogP contribution in [-0.2, 0) is 26.1 Å². The van der Waals surface area contributed by atoms with E-state index in [1.807, 2.05) is 23.6 Å². The summed E-state index contributed by atoms with van der Waals surface area (Å²) in [7, 11) is -3.64. The van der Waals surface area contributed by atoms with Gasteiger partial charge >= 0.3 is 0 Å². The third kappa shape index (κ3) is 5.41. The minimum atomic E-state index is -3.64. The van der Waals surface area contributed by atoms with Gasteiger partial charge in [0.1, 0.15) is 0 Å². The first-order valence-corrected chi connectivity index (χ1v) is 12.9. The predicted octanol–water partition coefficient (Wildman–Crippen LogP) is 2.11. The Balaban J connectivity index is 1.41. The Kier molecular flexibility index (Phi) is 7.38. The van der Waals surface area contributed by atoms with Gasteiger partial charge in [-0.3, -0.25) is 9.78 Å². The van der Waals surface area contributed by atoms with E-state index >= 15 is 0 Å². The van der Waals surface area contributed by atoms with Crippen molar-refractivity contribution in [1.29, 1.82) is 0 Å². The minimum Gasteiger partial charge on any atom is -0.379 e. The number of hydrogen-bond donors (Lipinski definition) is 1. The molecule has 1 aliphatic heterocycles. The zero-order valence-electron chi connectivity index (χ0n) is 18.0. The van der Waals surface area contributed by atoms with Crippen LogP contribution in [0.5, 0.6) is 0 Å². The summed E-state index contributed by atoms with van der Waals surface area (Å²) >= 11 is 1.27. The second-order valence-corrected chi connectivity index (χ2v) is 10.0. The molecule has 0 spiro atoms. The Morgan fingerprint density at radius 3 is 2.64 bits per heavy atom. The van der Waals surface area contributed by atoms with Gasteiger partial charge in [0, 0.05) is 43.3 Å². The van der Waals surface area contributed by atoms with Gasteiger partial charge in [0.2, 0.25) is 15.9 Å². The molecule has 1 N–H and O–H groups in total. The van der Waals surface area contributed by atoms with Crippen LogP contribution < -0.4 is 5.32 Å². The van der Waals surface area contributed by atoms with Crippen molar-refractivity contribution in [3.05, 3.63) is 48.8 Å². The number of thioether (sulfide) groups is 1. The average Bonchev–Trinajstić information content (AvgIpc) is 3.27. The molecular weight excluding hydrogens is 464 g/mol. The molecule has 10 nitrogen and oxygen atoms in total. The monoisotopic (exact) mass is 488 g/mol. The van der Waals surface area contributed by atoms with Crippen LogP contribution in [0, 0.1) is 0 Å². The zero-order valence-corrected chi connectivity index (χ0v) is 19.7. The lowest BCUT2D eigenvalue weighted by Crippen LogP contribution is -2.40. The molecule has 2 aromatic heterocycles. The Bertz CT molecular complexity index is 1210. The largest absolute Gasteiger partial charge is 0.379 e. The van der Waals surface area contributed by atoms with Crippen LogP contribution in [0.15, 0.2) is 58.8 Å². The molecule has 12 heteroatoms. The van der Waals surface area contributed by atoms with E-state index in [9.17, 15) is 13.2 Å². The molecule has 3 heterocycles. The molecule has 4 rings (SSSR count). The first-order chi connectivity index (χ1) is 16.0. The van der Waals surface area contributed by atoms with Crippen LogP contribution in [0.2, 0.25) is 0 Å². The Hall–Kier alpha value is -2.80. The molecule has 0 bridgehead atoms. The number of ether oxygens (including phenoxy) is 1. The van der Waals surface area contributed by atoms with Crippen molar-refractivity contribution in [1.82, 2.24) is 24.1 Å². The number of hydrogen-bond acceptors (Lipinski definition) is 8. The number of amides is 1. The number of rotatable bonds is 8. The standard InChI is InChI=1S/C21H24N6O4S2/c1-2-27-20(16-6-8-22-9-7-16)24-25-21(27)32-15-19(28)23-17-4-3-5-18(14-17)33(29,30)26-10-12-31-13-11-26/h3-9,14H,2,10-13,15H2,1H3,(H,23,28). The highest BCUT2D eigenvalue weighted by Crippen LogP contribution is 2.24. The highest BCUT2D eigenvalue weighted by Gasteiger charge is 2.26. The molecule has 33 heavy (non-hydrogen) atoms. The van der Waals surface area contributed by atoms with E-state index in [1.165, 1.54) is 28.2 Å². The fourth-order valence-corrected chi connectivity index (χ4v) is 5.65. The Morgan fingerprint density at radius 1 is 1.15 bits per heavy atom. The fourth-order valence-electron chi connectivity index (χ4n) is 3.39. The van der Waals surface area contributed by atoms with Gasteiger partial charge in [0.25, 0.3) is 0 Å². The molecule has 0 atom stereocenters. The van der Waals surface area contributed by atoms with Gasteiger partial charge in [-0.1, -0.05) is 17.8 Å². The third-order valence-electron chi connectivity index (χ3n) is 5.03. The van der Waals surface area contributed by atoms with E-state index < -0.39 is 10.0 Å². The van der Waals surface area contributed by atoms with E-state index in [4.69, 9.17) is 4.74 Å². The van der Waals surface area contributed by atoms with Gasteiger partial charge in [-0.05, 0) is 37.3 Å². The number of carbonyl (C=O) groups is 1. The van der Waals surface area contributed by atoms with E-state index in [1.54, 1.807) is 24.5 Å². The van der Waals surface area contributed by atoms with Crippen LogP contribution in [0.4, 0.5) is 5.69 Å². The van der Waals surface area contributed by atoms with E-state index in [-0.39, 0.29) is 16.6 Å². The smallest absolute Gasteiger partial charge is 0.243 e.